The number of halogens is 1. The number of amides is 1. The van der Waals surface area contributed by atoms with E-state index >= 15 is 0 Å². The molecule has 0 aliphatic rings. The van der Waals surface area contributed by atoms with Crippen molar-refractivity contribution in [2.24, 2.45) is 0 Å². The van der Waals surface area contributed by atoms with Gasteiger partial charge in [-0.3, -0.25) is 14.4 Å². The first-order chi connectivity index (χ1) is 21.3. The number of carbonyl (C=O) groups is 6. The molecule has 3 aromatic rings. The van der Waals surface area contributed by atoms with Crippen LogP contribution in [-0.4, -0.2) is 67.3 Å². The van der Waals surface area contributed by atoms with Crippen LogP contribution < -0.4 is 24.3 Å². The minimum Gasteiger partial charge on any atom is -0.493 e. The molecular weight excluding hydrogens is 662 g/mol. The largest absolute Gasteiger partial charge is 0.493 e. The Bertz CT molecular complexity index is 1640. The minimum absolute atomic E-state index is 0.0164. The van der Waals surface area contributed by atoms with E-state index in [0.717, 1.165) is 26.0 Å². The fourth-order valence-electron chi connectivity index (χ4n) is 3.70. The Labute approximate surface area is 264 Å². The van der Waals surface area contributed by atoms with Crippen molar-refractivity contribution in [3.63, 3.8) is 0 Å². The van der Waals surface area contributed by atoms with Gasteiger partial charge in [-0.05, 0) is 64.5 Å². The van der Waals surface area contributed by atoms with Gasteiger partial charge in [0.2, 0.25) is 12.2 Å². The number of ether oxygens (including phenoxy) is 6. The number of carbonyl (C=O) groups excluding carboxylic acids is 5. The lowest BCUT2D eigenvalue weighted by Crippen LogP contribution is -2.48. The molecule has 14 nitrogen and oxygen atoms in total. The lowest BCUT2D eigenvalue weighted by Gasteiger charge is -2.24. The van der Waals surface area contributed by atoms with Crippen molar-refractivity contribution >= 4 is 57.4 Å². The van der Waals surface area contributed by atoms with E-state index in [1.54, 1.807) is 18.2 Å². The number of rotatable bonds is 12. The van der Waals surface area contributed by atoms with Crippen LogP contribution in [0.2, 0.25) is 0 Å². The van der Waals surface area contributed by atoms with Gasteiger partial charge in [-0.2, -0.15) is 0 Å². The molecule has 0 radical (unpaired) electrons. The third kappa shape index (κ3) is 9.03. The summed E-state index contributed by atoms with van der Waals surface area (Å²) < 4.78 is 31.2. The normalized spacial score (nSPS) is 11.7. The van der Waals surface area contributed by atoms with Crippen molar-refractivity contribution < 1.29 is 62.3 Å². The van der Waals surface area contributed by atoms with Crippen LogP contribution in [0, 0.1) is 0 Å². The highest BCUT2D eigenvalue weighted by molar-refractivity contribution is 9.10. The number of carboxylic acid groups (broad SMARTS) is 1. The molecular formula is C30H26BrNO13. The van der Waals surface area contributed by atoms with E-state index in [-0.39, 0.29) is 39.8 Å². The SMILES string of the molecule is COc1cc(C(=O)O[C@H](C(=O)O)[C@@H](OC(=O)c2ccc(OC(C)=O)c(OC)c2)C(=O)Nc2ccccc2Br)ccc1OC(C)=O. The molecule has 3 aromatic carbocycles. The lowest BCUT2D eigenvalue weighted by atomic mass is 10.1. The van der Waals surface area contributed by atoms with Gasteiger partial charge in [-0.15, -0.1) is 0 Å². The van der Waals surface area contributed by atoms with Crippen LogP contribution in [0.3, 0.4) is 0 Å². The topological polar surface area (TPSA) is 190 Å². The summed E-state index contributed by atoms with van der Waals surface area (Å²) in [6.45, 7) is 2.32. The van der Waals surface area contributed by atoms with Crippen LogP contribution in [0.4, 0.5) is 5.69 Å². The molecule has 0 heterocycles. The third-order valence-corrected chi connectivity index (χ3v) is 6.37. The second kappa shape index (κ2) is 15.3. The maximum atomic E-state index is 13.4. The predicted molar refractivity (Wildman–Crippen MR) is 157 cm³/mol. The molecule has 0 aromatic heterocycles. The number of nitrogens with one attached hydrogen (secondary N) is 1. The summed E-state index contributed by atoms with van der Waals surface area (Å²) in [6.07, 6.45) is -4.59. The number of anilines is 1. The highest BCUT2D eigenvalue weighted by Gasteiger charge is 2.41. The Morgan fingerprint density at radius 3 is 1.58 bits per heavy atom. The highest BCUT2D eigenvalue weighted by atomic mass is 79.9. The number of para-hydroxylation sites is 1. The predicted octanol–water partition coefficient (Wildman–Crippen LogP) is 3.79. The molecule has 2 N–H and O–H groups in total. The van der Waals surface area contributed by atoms with Crippen LogP contribution >= 0.6 is 15.9 Å². The summed E-state index contributed by atoms with van der Waals surface area (Å²) in [4.78, 5) is 74.8. The molecule has 0 aliphatic heterocycles. The fraction of sp³-hybridized carbons (Fsp3) is 0.200. The van der Waals surface area contributed by atoms with Gasteiger partial charge in [0.1, 0.15) is 0 Å². The molecule has 0 unspecified atom stereocenters. The van der Waals surface area contributed by atoms with Crippen LogP contribution in [0.5, 0.6) is 23.0 Å². The van der Waals surface area contributed by atoms with E-state index in [4.69, 9.17) is 28.4 Å². The summed E-state index contributed by atoms with van der Waals surface area (Å²) in [5, 5.41) is 12.5. The number of benzene rings is 3. The van der Waals surface area contributed by atoms with Gasteiger partial charge in [0.15, 0.2) is 23.0 Å². The van der Waals surface area contributed by atoms with Crippen molar-refractivity contribution in [3.8, 4) is 23.0 Å². The standard InChI is InChI=1S/C30H26BrNO13/c1-15(33)42-21-11-9-17(13-23(21)40-3)29(38)44-25(27(35)32-20-8-6-5-7-19(20)31)26(28(36)37)45-30(39)18-10-12-22(43-16(2)34)24(14-18)41-4/h5-14,25-26H,1-4H3,(H,32,35)(H,36,37)/t25-,26+/m1/s1. The van der Waals surface area contributed by atoms with E-state index in [0.29, 0.717) is 4.47 Å². The quantitative estimate of drug-likeness (QED) is 0.207. The van der Waals surface area contributed by atoms with E-state index in [2.05, 4.69) is 21.2 Å². The van der Waals surface area contributed by atoms with E-state index in [1.807, 2.05) is 0 Å². The van der Waals surface area contributed by atoms with E-state index in [1.165, 1.54) is 44.6 Å². The second-order valence-corrected chi connectivity index (χ2v) is 9.73. The zero-order chi connectivity index (χ0) is 33.3. The van der Waals surface area contributed by atoms with Crippen LogP contribution in [0.1, 0.15) is 34.6 Å². The lowest BCUT2D eigenvalue weighted by molar-refractivity contribution is -0.157. The minimum atomic E-state index is -2.36. The fourth-order valence-corrected chi connectivity index (χ4v) is 4.08. The zero-order valence-corrected chi connectivity index (χ0v) is 25.7. The summed E-state index contributed by atoms with van der Waals surface area (Å²) in [5.41, 5.74) is -0.268. The molecule has 3 rings (SSSR count). The molecule has 45 heavy (non-hydrogen) atoms. The number of hydrogen-bond donors (Lipinski definition) is 2. The summed E-state index contributed by atoms with van der Waals surface area (Å²) in [7, 11) is 2.49. The maximum Gasteiger partial charge on any atom is 0.349 e. The first kappa shape index (κ1) is 34.1. The van der Waals surface area contributed by atoms with Gasteiger partial charge >= 0.3 is 29.8 Å². The maximum absolute atomic E-state index is 13.4. The van der Waals surface area contributed by atoms with Crippen LogP contribution in [0.15, 0.2) is 65.1 Å². The molecule has 0 fully saturated rings. The number of methoxy groups -OCH3 is 2. The Hall–Kier alpha value is -5.44. The number of esters is 4. The van der Waals surface area contributed by atoms with Crippen molar-refractivity contribution in [1.82, 2.24) is 0 Å². The van der Waals surface area contributed by atoms with Gasteiger partial charge in [0.05, 0.1) is 31.0 Å². The third-order valence-electron chi connectivity index (χ3n) is 5.68. The number of carboxylic acids is 1. The van der Waals surface area contributed by atoms with Gasteiger partial charge < -0.3 is 38.8 Å². The molecule has 1 amide bonds. The van der Waals surface area contributed by atoms with Crippen molar-refractivity contribution in [2.75, 3.05) is 19.5 Å². The summed E-state index contributed by atoms with van der Waals surface area (Å²) in [5.74, 6) is -6.86. The molecule has 2 atom stereocenters. The first-order valence-corrected chi connectivity index (χ1v) is 13.6. The Morgan fingerprint density at radius 2 is 1.16 bits per heavy atom. The molecule has 0 saturated heterocycles. The zero-order valence-electron chi connectivity index (χ0n) is 24.2. The molecule has 0 aliphatic carbocycles. The van der Waals surface area contributed by atoms with Crippen molar-refractivity contribution in [3.05, 3.63) is 76.3 Å². The van der Waals surface area contributed by atoms with Crippen LogP contribution in [0.25, 0.3) is 0 Å². The Kier molecular flexibility index (Phi) is 11.6. The van der Waals surface area contributed by atoms with Crippen molar-refractivity contribution in [2.45, 2.75) is 26.1 Å². The first-order valence-electron chi connectivity index (χ1n) is 12.8. The molecule has 0 saturated carbocycles. The van der Waals surface area contributed by atoms with Crippen LogP contribution in [-0.2, 0) is 28.7 Å². The molecule has 0 spiro atoms. The van der Waals surface area contributed by atoms with Gasteiger partial charge in [-0.25, -0.2) is 14.4 Å². The van der Waals surface area contributed by atoms with Crippen molar-refractivity contribution in [1.29, 1.82) is 0 Å². The average Bonchev–Trinajstić information content (AvgIpc) is 2.99. The Balaban J connectivity index is 1.98. The molecule has 0 bridgehead atoms. The molecule has 15 heteroatoms. The number of aliphatic carboxylic acids is 1. The van der Waals surface area contributed by atoms with E-state index < -0.39 is 48.0 Å². The highest BCUT2D eigenvalue weighted by Crippen LogP contribution is 2.31. The molecule has 236 valence electrons. The smallest absolute Gasteiger partial charge is 0.349 e. The monoisotopic (exact) mass is 687 g/mol. The van der Waals surface area contributed by atoms with Gasteiger partial charge in [-0.1, -0.05) is 12.1 Å². The summed E-state index contributed by atoms with van der Waals surface area (Å²) >= 11 is 3.25. The Morgan fingerprint density at radius 1 is 0.689 bits per heavy atom. The number of hydrogen-bond acceptors (Lipinski definition) is 12. The van der Waals surface area contributed by atoms with Gasteiger partial charge in [0, 0.05) is 18.3 Å². The average molecular weight is 688 g/mol. The van der Waals surface area contributed by atoms with Gasteiger partial charge in [0.25, 0.3) is 5.91 Å². The second-order valence-electron chi connectivity index (χ2n) is 8.88. The van der Waals surface area contributed by atoms with E-state index in [9.17, 15) is 33.9 Å². The summed E-state index contributed by atoms with van der Waals surface area (Å²) in [6, 6.07) is 13.4.